The van der Waals surface area contributed by atoms with Gasteiger partial charge in [0, 0.05) is 18.5 Å². The zero-order valence-corrected chi connectivity index (χ0v) is 12.4. The van der Waals surface area contributed by atoms with E-state index in [9.17, 15) is 9.59 Å². The van der Waals surface area contributed by atoms with Crippen LogP contribution in [-0.4, -0.2) is 23.5 Å². The number of carboxylic acids is 1. The van der Waals surface area contributed by atoms with Gasteiger partial charge in [0.2, 0.25) is 0 Å². The van der Waals surface area contributed by atoms with E-state index in [4.69, 9.17) is 5.11 Å². The molecule has 0 aliphatic rings. The number of hydrogen-bond donors (Lipinski definition) is 2. The lowest BCUT2D eigenvalue weighted by molar-refractivity contribution is -0.137. The van der Waals surface area contributed by atoms with E-state index in [1.807, 2.05) is 39.0 Å². The summed E-state index contributed by atoms with van der Waals surface area (Å²) < 4.78 is 0. The van der Waals surface area contributed by atoms with Gasteiger partial charge < -0.3 is 10.4 Å². The molecule has 4 nitrogen and oxygen atoms in total. The van der Waals surface area contributed by atoms with Gasteiger partial charge in [-0.15, -0.1) is 0 Å². The molecule has 20 heavy (non-hydrogen) atoms. The summed E-state index contributed by atoms with van der Waals surface area (Å²) in [5, 5.41) is 11.6. The van der Waals surface area contributed by atoms with Crippen molar-refractivity contribution < 1.29 is 14.7 Å². The molecule has 1 amide bonds. The van der Waals surface area contributed by atoms with Crippen LogP contribution < -0.4 is 5.32 Å². The third-order valence-electron chi connectivity index (χ3n) is 3.49. The molecule has 1 aromatic carbocycles. The van der Waals surface area contributed by atoms with Crippen molar-refractivity contribution in [2.45, 2.75) is 40.0 Å². The molecule has 0 saturated carbocycles. The molecule has 1 aromatic rings. The van der Waals surface area contributed by atoms with Crippen LogP contribution in [-0.2, 0) is 4.79 Å². The molecule has 0 spiro atoms. The second kappa shape index (κ2) is 7.08. The lowest BCUT2D eigenvalue weighted by Gasteiger charge is -2.23. The molecule has 4 heteroatoms. The summed E-state index contributed by atoms with van der Waals surface area (Å²) in [6.45, 7) is 6.51. The van der Waals surface area contributed by atoms with Gasteiger partial charge in [0.05, 0.1) is 0 Å². The summed E-state index contributed by atoms with van der Waals surface area (Å²) in [6, 6.07) is 7.46. The first-order valence-corrected chi connectivity index (χ1v) is 6.87. The second-order valence-corrected chi connectivity index (χ2v) is 5.88. The summed E-state index contributed by atoms with van der Waals surface area (Å²) >= 11 is 0. The fraction of sp³-hybridized carbons (Fsp3) is 0.500. The van der Waals surface area contributed by atoms with Crippen molar-refractivity contribution in [2.24, 2.45) is 5.41 Å². The van der Waals surface area contributed by atoms with Crippen LogP contribution in [0, 0.1) is 12.3 Å². The first-order chi connectivity index (χ1) is 9.32. The predicted octanol–water partition coefficient (Wildman–Crippen LogP) is 3.01. The number of hydrogen-bond acceptors (Lipinski definition) is 2. The number of nitrogens with one attached hydrogen (secondary N) is 1. The molecule has 2 N–H and O–H groups in total. The van der Waals surface area contributed by atoms with E-state index in [0.717, 1.165) is 12.0 Å². The molecule has 1 rings (SSSR count). The number of amides is 1. The van der Waals surface area contributed by atoms with Gasteiger partial charge in [-0.3, -0.25) is 9.59 Å². The zero-order valence-electron chi connectivity index (χ0n) is 12.4. The average molecular weight is 277 g/mol. The van der Waals surface area contributed by atoms with Crippen molar-refractivity contribution in [3.63, 3.8) is 0 Å². The van der Waals surface area contributed by atoms with Crippen molar-refractivity contribution in [3.05, 3.63) is 35.4 Å². The summed E-state index contributed by atoms with van der Waals surface area (Å²) in [5.41, 5.74) is 1.56. The van der Waals surface area contributed by atoms with Crippen LogP contribution in [0.1, 0.15) is 49.0 Å². The van der Waals surface area contributed by atoms with Crippen molar-refractivity contribution in [3.8, 4) is 0 Å². The van der Waals surface area contributed by atoms with E-state index >= 15 is 0 Å². The Morgan fingerprint density at radius 2 is 1.85 bits per heavy atom. The number of benzene rings is 1. The summed E-state index contributed by atoms with van der Waals surface area (Å²) in [5.74, 6) is -0.848. The Kier molecular flexibility index (Phi) is 5.74. The number of carbonyl (C=O) groups excluding carboxylic acids is 1. The molecule has 0 bridgehead atoms. The van der Waals surface area contributed by atoms with E-state index < -0.39 is 5.97 Å². The van der Waals surface area contributed by atoms with Crippen LogP contribution in [0.25, 0.3) is 0 Å². The summed E-state index contributed by atoms with van der Waals surface area (Å²) in [4.78, 5) is 22.6. The second-order valence-electron chi connectivity index (χ2n) is 5.88. The van der Waals surface area contributed by atoms with E-state index in [2.05, 4.69) is 5.32 Å². The molecule has 0 radical (unpaired) electrons. The van der Waals surface area contributed by atoms with Crippen LogP contribution in [0.4, 0.5) is 0 Å². The van der Waals surface area contributed by atoms with Crippen molar-refractivity contribution in [2.75, 3.05) is 6.54 Å². The van der Waals surface area contributed by atoms with E-state index in [1.165, 1.54) is 0 Å². The highest BCUT2D eigenvalue weighted by Gasteiger charge is 2.19. The quantitative estimate of drug-likeness (QED) is 0.805. The molecule has 0 unspecified atom stereocenters. The minimum absolute atomic E-state index is 0.0721. The normalized spacial score (nSPS) is 11.2. The fourth-order valence-corrected chi connectivity index (χ4v) is 2.01. The van der Waals surface area contributed by atoms with E-state index in [1.54, 1.807) is 6.07 Å². The Balaban J connectivity index is 2.42. The highest BCUT2D eigenvalue weighted by Crippen LogP contribution is 2.26. The highest BCUT2D eigenvalue weighted by atomic mass is 16.4. The van der Waals surface area contributed by atoms with Gasteiger partial charge in [-0.25, -0.2) is 0 Å². The molecule has 0 aliphatic heterocycles. The van der Waals surface area contributed by atoms with Gasteiger partial charge in [0.25, 0.3) is 5.91 Å². The number of aliphatic carboxylic acids is 1. The van der Waals surface area contributed by atoms with Crippen molar-refractivity contribution >= 4 is 11.9 Å². The van der Waals surface area contributed by atoms with Crippen LogP contribution >= 0.6 is 0 Å². The van der Waals surface area contributed by atoms with Gasteiger partial charge in [-0.1, -0.05) is 32.0 Å². The van der Waals surface area contributed by atoms with Crippen molar-refractivity contribution in [1.29, 1.82) is 0 Å². The van der Waals surface area contributed by atoms with Gasteiger partial charge in [0.15, 0.2) is 0 Å². The Labute approximate surface area is 120 Å². The number of carbonyl (C=O) groups is 2. The standard InChI is InChI=1S/C16H23NO3/c1-12-6-4-5-7-13(12)15(20)17-11-10-16(2,3)9-8-14(18)19/h4-7H,8-11H2,1-3H3,(H,17,20)(H,18,19). The molecule has 110 valence electrons. The smallest absolute Gasteiger partial charge is 0.303 e. The topological polar surface area (TPSA) is 66.4 Å². The van der Waals surface area contributed by atoms with E-state index in [-0.39, 0.29) is 17.7 Å². The van der Waals surface area contributed by atoms with Gasteiger partial charge in [-0.05, 0) is 36.8 Å². The zero-order chi connectivity index (χ0) is 15.2. The number of aryl methyl sites for hydroxylation is 1. The van der Waals surface area contributed by atoms with Gasteiger partial charge in [0.1, 0.15) is 0 Å². The Hall–Kier alpha value is -1.84. The predicted molar refractivity (Wildman–Crippen MR) is 78.8 cm³/mol. The maximum absolute atomic E-state index is 12.0. The lowest BCUT2D eigenvalue weighted by Crippen LogP contribution is -2.28. The molecule has 0 saturated heterocycles. The average Bonchev–Trinajstić information content (AvgIpc) is 2.37. The maximum Gasteiger partial charge on any atom is 0.303 e. The largest absolute Gasteiger partial charge is 0.481 e. The van der Waals surface area contributed by atoms with Gasteiger partial charge >= 0.3 is 5.97 Å². The maximum atomic E-state index is 12.0. The Bertz CT molecular complexity index is 480. The van der Waals surface area contributed by atoms with E-state index in [0.29, 0.717) is 18.5 Å². The molecule has 0 aromatic heterocycles. The first-order valence-electron chi connectivity index (χ1n) is 6.87. The lowest BCUT2D eigenvalue weighted by atomic mass is 9.84. The molecule has 0 atom stereocenters. The Morgan fingerprint density at radius 1 is 1.20 bits per heavy atom. The summed E-state index contributed by atoms with van der Waals surface area (Å²) in [7, 11) is 0. The van der Waals surface area contributed by atoms with Crippen LogP contribution in [0.15, 0.2) is 24.3 Å². The minimum atomic E-state index is -0.776. The highest BCUT2D eigenvalue weighted by molar-refractivity contribution is 5.95. The molecular formula is C16H23NO3. The molecule has 0 fully saturated rings. The van der Waals surface area contributed by atoms with Crippen LogP contribution in [0.5, 0.6) is 0 Å². The first kappa shape index (κ1) is 16.2. The number of rotatable bonds is 7. The third-order valence-corrected chi connectivity index (χ3v) is 3.49. The minimum Gasteiger partial charge on any atom is -0.481 e. The monoisotopic (exact) mass is 277 g/mol. The number of carboxylic acid groups (broad SMARTS) is 1. The SMILES string of the molecule is Cc1ccccc1C(=O)NCCC(C)(C)CCC(=O)O. The molecule has 0 aliphatic carbocycles. The third kappa shape index (κ3) is 5.43. The van der Waals surface area contributed by atoms with Crippen LogP contribution in [0.3, 0.4) is 0 Å². The summed E-state index contributed by atoms with van der Waals surface area (Å²) in [6.07, 6.45) is 1.54. The van der Waals surface area contributed by atoms with Gasteiger partial charge in [-0.2, -0.15) is 0 Å². The van der Waals surface area contributed by atoms with Crippen molar-refractivity contribution in [1.82, 2.24) is 5.32 Å². The molecular weight excluding hydrogens is 254 g/mol. The fourth-order valence-electron chi connectivity index (χ4n) is 2.01. The Morgan fingerprint density at radius 3 is 2.45 bits per heavy atom. The molecule has 0 heterocycles. The van der Waals surface area contributed by atoms with Crippen LogP contribution in [0.2, 0.25) is 0 Å².